The van der Waals surface area contributed by atoms with Gasteiger partial charge in [-0.2, -0.15) is 0 Å². The van der Waals surface area contributed by atoms with E-state index in [9.17, 15) is 0 Å². The van der Waals surface area contributed by atoms with Gasteiger partial charge in [-0.1, -0.05) is 0 Å². The summed E-state index contributed by atoms with van der Waals surface area (Å²) in [6.45, 7) is 0.855. The van der Waals surface area contributed by atoms with Crippen molar-refractivity contribution in [3.05, 3.63) is 0 Å². The van der Waals surface area contributed by atoms with Crippen molar-refractivity contribution in [2.45, 2.75) is 31.8 Å². The second-order valence-electron chi connectivity index (χ2n) is 2.47. The van der Waals surface area contributed by atoms with Gasteiger partial charge in [-0.25, -0.2) is 0 Å². The fraction of sp³-hybridized carbons (Fsp3) is 1.00. The molecule has 0 unspecified atom stereocenters. The van der Waals surface area contributed by atoms with Crippen molar-refractivity contribution in [3.8, 4) is 0 Å². The van der Waals surface area contributed by atoms with Crippen LogP contribution < -0.4 is 0 Å². The Bertz CT molecular complexity index is 71.3. The van der Waals surface area contributed by atoms with Crippen molar-refractivity contribution >= 4 is 11.6 Å². The SMILES string of the molecule is ClCCCOC1CCC1. The number of hydrogen-bond donors (Lipinski definition) is 0. The van der Waals surface area contributed by atoms with E-state index < -0.39 is 0 Å². The van der Waals surface area contributed by atoms with Crippen molar-refractivity contribution in [3.63, 3.8) is 0 Å². The summed E-state index contributed by atoms with van der Waals surface area (Å²) in [7, 11) is 0. The van der Waals surface area contributed by atoms with E-state index in [1.54, 1.807) is 0 Å². The zero-order valence-corrected chi connectivity index (χ0v) is 6.36. The maximum absolute atomic E-state index is 5.47. The lowest BCUT2D eigenvalue weighted by molar-refractivity contribution is 0.00313. The van der Waals surface area contributed by atoms with Crippen molar-refractivity contribution in [2.75, 3.05) is 12.5 Å². The quantitative estimate of drug-likeness (QED) is 0.439. The Kier molecular flexibility index (Phi) is 3.37. The molecule has 54 valence electrons. The predicted molar refractivity (Wildman–Crippen MR) is 38.9 cm³/mol. The van der Waals surface area contributed by atoms with Gasteiger partial charge >= 0.3 is 0 Å². The first-order chi connectivity index (χ1) is 4.43. The Hall–Kier alpha value is 0.250. The molecule has 0 spiro atoms. The smallest absolute Gasteiger partial charge is 0.0575 e. The van der Waals surface area contributed by atoms with Crippen LogP contribution in [0.2, 0.25) is 0 Å². The number of hydrogen-bond acceptors (Lipinski definition) is 1. The summed E-state index contributed by atoms with van der Waals surface area (Å²) in [6, 6.07) is 0. The van der Waals surface area contributed by atoms with Crippen molar-refractivity contribution in [1.82, 2.24) is 0 Å². The minimum atomic E-state index is 0.577. The van der Waals surface area contributed by atoms with Crippen LogP contribution >= 0.6 is 11.6 Å². The van der Waals surface area contributed by atoms with E-state index in [4.69, 9.17) is 16.3 Å². The zero-order chi connectivity index (χ0) is 6.53. The van der Waals surface area contributed by atoms with Crippen molar-refractivity contribution < 1.29 is 4.74 Å². The Morgan fingerprint density at radius 1 is 1.44 bits per heavy atom. The van der Waals surface area contributed by atoms with E-state index >= 15 is 0 Å². The predicted octanol–water partition coefficient (Wildman–Crippen LogP) is 2.18. The molecule has 0 atom stereocenters. The van der Waals surface area contributed by atoms with Crippen LogP contribution in [-0.4, -0.2) is 18.6 Å². The van der Waals surface area contributed by atoms with Crippen LogP contribution in [0.15, 0.2) is 0 Å². The van der Waals surface area contributed by atoms with Crippen LogP contribution in [-0.2, 0) is 4.74 Å². The van der Waals surface area contributed by atoms with Crippen molar-refractivity contribution in [2.24, 2.45) is 0 Å². The molecule has 1 fully saturated rings. The zero-order valence-electron chi connectivity index (χ0n) is 5.61. The molecule has 1 nitrogen and oxygen atoms in total. The Labute approximate surface area is 61.3 Å². The molecule has 0 amide bonds. The van der Waals surface area contributed by atoms with E-state index in [0.29, 0.717) is 6.10 Å². The average molecular weight is 149 g/mol. The summed E-state index contributed by atoms with van der Waals surface area (Å²) >= 11 is 5.47. The summed E-state index contributed by atoms with van der Waals surface area (Å²) in [5.41, 5.74) is 0. The summed E-state index contributed by atoms with van der Waals surface area (Å²) < 4.78 is 5.43. The first-order valence-corrected chi connectivity index (χ1v) is 4.14. The molecular weight excluding hydrogens is 136 g/mol. The Morgan fingerprint density at radius 2 is 2.22 bits per heavy atom. The van der Waals surface area contributed by atoms with E-state index in [0.717, 1.165) is 18.9 Å². The van der Waals surface area contributed by atoms with Gasteiger partial charge in [-0.3, -0.25) is 0 Å². The number of rotatable bonds is 4. The molecule has 0 heterocycles. The molecule has 0 aromatic heterocycles. The largest absolute Gasteiger partial charge is 0.378 e. The Balaban J connectivity index is 1.80. The average Bonchev–Trinajstić information content (AvgIpc) is 1.76. The molecule has 0 N–H and O–H groups in total. The fourth-order valence-corrected chi connectivity index (χ4v) is 0.951. The second-order valence-corrected chi connectivity index (χ2v) is 2.84. The molecule has 0 aromatic rings. The monoisotopic (exact) mass is 148 g/mol. The molecule has 1 aliphatic rings. The highest BCUT2D eigenvalue weighted by molar-refractivity contribution is 6.17. The normalized spacial score (nSPS) is 19.7. The van der Waals surface area contributed by atoms with Gasteiger partial charge in [-0.15, -0.1) is 11.6 Å². The van der Waals surface area contributed by atoms with Crippen LogP contribution in [0.4, 0.5) is 0 Å². The highest BCUT2D eigenvalue weighted by Crippen LogP contribution is 2.21. The molecule has 0 aromatic carbocycles. The fourth-order valence-electron chi connectivity index (χ4n) is 0.842. The minimum absolute atomic E-state index is 0.577. The summed E-state index contributed by atoms with van der Waals surface area (Å²) in [5, 5.41) is 0. The maximum atomic E-state index is 5.47. The van der Waals surface area contributed by atoms with Gasteiger partial charge in [0.25, 0.3) is 0 Å². The minimum Gasteiger partial charge on any atom is -0.378 e. The van der Waals surface area contributed by atoms with Crippen LogP contribution in [0.25, 0.3) is 0 Å². The van der Waals surface area contributed by atoms with Gasteiger partial charge in [0.1, 0.15) is 0 Å². The summed E-state index contributed by atoms with van der Waals surface area (Å²) in [5.74, 6) is 0.729. The van der Waals surface area contributed by atoms with Gasteiger partial charge in [-0.05, 0) is 25.7 Å². The van der Waals surface area contributed by atoms with E-state index in [2.05, 4.69) is 0 Å². The van der Waals surface area contributed by atoms with Crippen LogP contribution in [0.3, 0.4) is 0 Å². The van der Waals surface area contributed by atoms with Crippen LogP contribution in [0.1, 0.15) is 25.7 Å². The summed E-state index contributed by atoms with van der Waals surface area (Å²) in [4.78, 5) is 0. The highest BCUT2D eigenvalue weighted by atomic mass is 35.5. The first-order valence-electron chi connectivity index (χ1n) is 3.61. The number of halogens is 1. The first kappa shape index (κ1) is 7.36. The third-order valence-corrected chi connectivity index (χ3v) is 1.95. The van der Waals surface area contributed by atoms with Crippen LogP contribution in [0, 0.1) is 0 Å². The molecule has 0 bridgehead atoms. The molecular formula is C7H13ClO. The molecule has 1 saturated carbocycles. The molecule has 0 saturated heterocycles. The Morgan fingerprint density at radius 3 is 2.67 bits per heavy atom. The lowest BCUT2D eigenvalue weighted by Gasteiger charge is -2.25. The second kappa shape index (κ2) is 4.13. The molecule has 1 aliphatic carbocycles. The van der Waals surface area contributed by atoms with Gasteiger partial charge in [0.15, 0.2) is 0 Å². The standard InChI is InChI=1S/C7H13ClO/c8-5-2-6-9-7-3-1-4-7/h7H,1-6H2. The highest BCUT2D eigenvalue weighted by Gasteiger charge is 2.16. The molecule has 1 rings (SSSR count). The van der Waals surface area contributed by atoms with Crippen LogP contribution in [0.5, 0.6) is 0 Å². The molecule has 0 radical (unpaired) electrons. The summed E-state index contributed by atoms with van der Waals surface area (Å²) in [6.07, 6.45) is 5.46. The number of ether oxygens (including phenoxy) is 1. The third-order valence-electron chi connectivity index (χ3n) is 1.68. The third kappa shape index (κ3) is 2.55. The molecule has 9 heavy (non-hydrogen) atoms. The van der Waals surface area contributed by atoms with Gasteiger partial charge in [0.2, 0.25) is 0 Å². The molecule has 2 heteroatoms. The van der Waals surface area contributed by atoms with E-state index in [-0.39, 0.29) is 0 Å². The van der Waals surface area contributed by atoms with Gasteiger partial charge in [0, 0.05) is 12.5 Å². The lowest BCUT2D eigenvalue weighted by atomic mass is 9.96. The molecule has 0 aliphatic heterocycles. The van der Waals surface area contributed by atoms with Gasteiger partial charge < -0.3 is 4.74 Å². The van der Waals surface area contributed by atoms with E-state index in [1.807, 2.05) is 0 Å². The van der Waals surface area contributed by atoms with Crippen molar-refractivity contribution in [1.29, 1.82) is 0 Å². The number of alkyl halides is 1. The topological polar surface area (TPSA) is 9.23 Å². The van der Waals surface area contributed by atoms with E-state index in [1.165, 1.54) is 19.3 Å². The van der Waals surface area contributed by atoms with Gasteiger partial charge in [0.05, 0.1) is 6.10 Å². The lowest BCUT2D eigenvalue weighted by Crippen LogP contribution is -2.21. The maximum Gasteiger partial charge on any atom is 0.0575 e.